The Morgan fingerprint density at radius 2 is 1.65 bits per heavy atom. The molecule has 0 unspecified atom stereocenters. The van der Waals surface area contributed by atoms with Crippen LogP contribution in [0.3, 0.4) is 0 Å². The highest BCUT2D eigenvalue weighted by Crippen LogP contribution is 2.29. The number of halogens is 1. The number of hydrogen-bond donors (Lipinski definition) is 2. The van der Waals surface area contributed by atoms with E-state index in [1.807, 2.05) is 0 Å². The van der Waals surface area contributed by atoms with Crippen LogP contribution in [-0.4, -0.2) is 73.7 Å². The fourth-order valence-electron chi connectivity index (χ4n) is 4.31. The summed E-state index contributed by atoms with van der Waals surface area (Å²) in [5.41, 5.74) is 0. The third-order valence-corrected chi connectivity index (χ3v) is 6.24. The van der Waals surface area contributed by atoms with E-state index in [9.17, 15) is 0 Å². The minimum absolute atomic E-state index is 0. The number of guanidine groups is 1. The number of nitrogens with one attached hydrogen (secondary N) is 2. The van der Waals surface area contributed by atoms with Gasteiger partial charge in [-0.05, 0) is 77.4 Å². The van der Waals surface area contributed by atoms with E-state index in [0.717, 1.165) is 31.0 Å². The molecular weight excluding hydrogens is 437 g/mol. The van der Waals surface area contributed by atoms with Crippen molar-refractivity contribution in [3.63, 3.8) is 0 Å². The van der Waals surface area contributed by atoms with Crippen LogP contribution in [0.15, 0.2) is 4.99 Å². The van der Waals surface area contributed by atoms with Gasteiger partial charge in [0.05, 0.1) is 0 Å². The molecule has 3 rings (SSSR count). The first-order valence-corrected chi connectivity index (χ1v) is 10.8. The van der Waals surface area contributed by atoms with Gasteiger partial charge in [-0.2, -0.15) is 0 Å². The second kappa shape index (κ2) is 11.7. The molecule has 26 heavy (non-hydrogen) atoms. The van der Waals surface area contributed by atoms with E-state index in [1.54, 1.807) is 0 Å². The van der Waals surface area contributed by atoms with E-state index >= 15 is 0 Å². The van der Waals surface area contributed by atoms with Crippen LogP contribution in [0.1, 0.15) is 58.8 Å². The number of aliphatic imine (C=N–C) groups is 1. The Hall–Kier alpha value is -0.0800. The quantitative estimate of drug-likeness (QED) is 0.336. The average molecular weight is 477 g/mol. The zero-order chi connectivity index (χ0) is 17.5. The highest BCUT2D eigenvalue weighted by atomic mass is 127. The zero-order valence-electron chi connectivity index (χ0n) is 16.9. The monoisotopic (exact) mass is 477 g/mol. The second-order valence-corrected chi connectivity index (χ2v) is 8.11. The molecule has 2 saturated heterocycles. The van der Waals surface area contributed by atoms with Gasteiger partial charge < -0.3 is 20.4 Å². The highest BCUT2D eigenvalue weighted by molar-refractivity contribution is 14.0. The minimum atomic E-state index is 0. The van der Waals surface area contributed by atoms with Crippen molar-refractivity contribution in [1.82, 2.24) is 20.4 Å². The van der Waals surface area contributed by atoms with Gasteiger partial charge in [-0.3, -0.25) is 4.99 Å². The van der Waals surface area contributed by atoms with Crippen LogP contribution in [0.2, 0.25) is 0 Å². The summed E-state index contributed by atoms with van der Waals surface area (Å²) in [5.74, 6) is 1.91. The average Bonchev–Trinajstić information content (AvgIpc) is 3.48. The van der Waals surface area contributed by atoms with E-state index in [-0.39, 0.29) is 24.0 Å². The number of hydrogen-bond acceptors (Lipinski definition) is 3. The molecular formula is C20H40IN5. The Kier molecular flexibility index (Phi) is 9.99. The fraction of sp³-hybridized carbons (Fsp3) is 0.950. The molecule has 0 aromatic heterocycles. The first-order valence-electron chi connectivity index (χ1n) is 10.8. The number of rotatable bonds is 7. The predicted molar refractivity (Wildman–Crippen MR) is 122 cm³/mol. The molecule has 2 aliphatic heterocycles. The molecule has 0 aromatic rings. The van der Waals surface area contributed by atoms with E-state index in [2.05, 4.69) is 34.3 Å². The molecule has 3 aliphatic rings. The van der Waals surface area contributed by atoms with E-state index in [0.29, 0.717) is 6.04 Å². The molecule has 1 aliphatic carbocycles. The van der Waals surface area contributed by atoms with Gasteiger partial charge in [0.25, 0.3) is 0 Å². The third-order valence-electron chi connectivity index (χ3n) is 6.24. The van der Waals surface area contributed by atoms with Crippen molar-refractivity contribution < 1.29 is 0 Å². The Labute approximate surface area is 177 Å². The van der Waals surface area contributed by atoms with Crippen molar-refractivity contribution in [3.05, 3.63) is 0 Å². The van der Waals surface area contributed by atoms with E-state index in [1.165, 1.54) is 77.7 Å². The van der Waals surface area contributed by atoms with Crippen molar-refractivity contribution >= 4 is 29.9 Å². The topological polar surface area (TPSA) is 42.9 Å². The van der Waals surface area contributed by atoms with E-state index < -0.39 is 0 Å². The van der Waals surface area contributed by atoms with Gasteiger partial charge in [-0.15, -0.1) is 24.0 Å². The Morgan fingerprint density at radius 3 is 2.23 bits per heavy atom. The molecule has 1 saturated carbocycles. The largest absolute Gasteiger partial charge is 0.357 e. The molecule has 0 spiro atoms. The first kappa shape index (κ1) is 22.2. The molecule has 0 atom stereocenters. The van der Waals surface area contributed by atoms with Gasteiger partial charge >= 0.3 is 0 Å². The lowest BCUT2D eigenvalue weighted by atomic mass is 9.94. The molecule has 152 valence electrons. The predicted octanol–water partition coefficient (Wildman–Crippen LogP) is 2.91. The van der Waals surface area contributed by atoms with E-state index in [4.69, 9.17) is 4.99 Å². The first-order chi connectivity index (χ1) is 12.3. The molecule has 6 heteroatoms. The summed E-state index contributed by atoms with van der Waals surface area (Å²) in [7, 11) is 0. The van der Waals surface area contributed by atoms with Crippen molar-refractivity contribution in [1.29, 1.82) is 0 Å². The molecule has 5 nitrogen and oxygen atoms in total. The molecule has 2 N–H and O–H groups in total. The lowest BCUT2D eigenvalue weighted by Crippen LogP contribution is -2.49. The molecule has 0 radical (unpaired) electrons. The summed E-state index contributed by atoms with van der Waals surface area (Å²) < 4.78 is 0. The second-order valence-electron chi connectivity index (χ2n) is 8.11. The highest BCUT2D eigenvalue weighted by Gasteiger charge is 2.31. The summed E-state index contributed by atoms with van der Waals surface area (Å²) in [6, 6.07) is 1.52. The SMILES string of the molecule is CCNC(=NCCC1CCN(CC)CC1)NC1CCN(C2CC2)CC1.I. The molecule has 0 bridgehead atoms. The standard InChI is InChI=1S/C20H39N5.HI/c1-3-21-20(22-12-7-17-8-13-24(4-2)14-9-17)23-18-10-15-25(16-11-18)19-5-6-19;/h17-19H,3-16H2,1-2H3,(H2,21,22,23);1H. The summed E-state index contributed by atoms with van der Waals surface area (Å²) in [6.45, 7) is 12.6. The number of nitrogens with zero attached hydrogens (tertiary/aromatic N) is 3. The van der Waals surface area contributed by atoms with Gasteiger partial charge in [0, 0.05) is 38.3 Å². The molecule has 0 amide bonds. The smallest absolute Gasteiger partial charge is 0.191 e. The van der Waals surface area contributed by atoms with Gasteiger partial charge in [-0.25, -0.2) is 0 Å². The lowest BCUT2D eigenvalue weighted by molar-refractivity contribution is 0.188. The van der Waals surface area contributed by atoms with Crippen LogP contribution in [0.25, 0.3) is 0 Å². The van der Waals surface area contributed by atoms with Gasteiger partial charge in [0.15, 0.2) is 5.96 Å². The zero-order valence-corrected chi connectivity index (χ0v) is 19.2. The Morgan fingerprint density at radius 1 is 0.962 bits per heavy atom. The Balaban J connectivity index is 0.00000243. The van der Waals surface area contributed by atoms with Crippen LogP contribution < -0.4 is 10.6 Å². The van der Waals surface area contributed by atoms with Crippen molar-refractivity contribution in [3.8, 4) is 0 Å². The molecule has 3 fully saturated rings. The number of likely N-dealkylation sites (tertiary alicyclic amines) is 2. The normalized spacial score (nSPS) is 24.3. The number of piperidine rings is 2. The summed E-state index contributed by atoms with van der Waals surface area (Å²) in [4.78, 5) is 10.1. The fourth-order valence-corrected chi connectivity index (χ4v) is 4.31. The maximum atomic E-state index is 4.87. The van der Waals surface area contributed by atoms with Crippen molar-refractivity contribution in [2.75, 3.05) is 45.8 Å². The van der Waals surface area contributed by atoms with Crippen molar-refractivity contribution in [2.45, 2.75) is 70.9 Å². The van der Waals surface area contributed by atoms with Crippen molar-refractivity contribution in [2.24, 2.45) is 10.9 Å². The summed E-state index contributed by atoms with van der Waals surface area (Å²) >= 11 is 0. The molecule has 2 heterocycles. The summed E-state index contributed by atoms with van der Waals surface area (Å²) in [5, 5.41) is 7.14. The third kappa shape index (κ3) is 7.15. The van der Waals surface area contributed by atoms with Crippen LogP contribution in [0.4, 0.5) is 0 Å². The van der Waals surface area contributed by atoms with Gasteiger partial charge in [0.2, 0.25) is 0 Å². The van der Waals surface area contributed by atoms with Gasteiger partial charge in [0.1, 0.15) is 0 Å². The lowest BCUT2D eigenvalue weighted by Gasteiger charge is -2.33. The molecule has 0 aromatic carbocycles. The van der Waals surface area contributed by atoms with Crippen LogP contribution >= 0.6 is 24.0 Å². The van der Waals surface area contributed by atoms with Crippen LogP contribution in [-0.2, 0) is 0 Å². The minimum Gasteiger partial charge on any atom is -0.357 e. The summed E-state index contributed by atoms with van der Waals surface area (Å²) in [6.07, 6.45) is 9.33. The Bertz CT molecular complexity index is 410. The maximum absolute atomic E-state index is 4.87. The maximum Gasteiger partial charge on any atom is 0.191 e. The van der Waals surface area contributed by atoms with Crippen LogP contribution in [0.5, 0.6) is 0 Å². The van der Waals surface area contributed by atoms with Gasteiger partial charge in [-0.1, -0.05) is 6.92 Å². The van der Waals surface area contributed by atoms with Crippen LogP contribution in [0, 0.1) is 5.92 Å².